The van der Waals surface area contributed by atoms with Crippen LogP contribution in [0, 0.1) is 0 Å². The molecule has 0 aliphatic carbocycles. The first-order chi connectivity index (χ1) is 11.6. The van der Waals surface area contributed by atoms with Gasteiger partial charge in [-0.1, -0.05) is 29.8 Å². The van der Waals surface area contributed by atoms with Gasteiger partial charge in [0.1, 0.15) is 5.82 Å². The van der Waals surface area contributed by atoms with Crippen LogP contribution in [0.1, 0.15) is 37.6 Å². The standard InChI is InChI=1S/C18H17BrN4O/c1-3-12(2)17-22-16-5-4-14(19)10-15(16)18(24)23(17)21-11-13-6-8-20-9-7-13/h4-12H,3H2,1-2H3/t12-/m0/s1. The minimum Gasteiger partial charge on any atom is -0.267 e. The lowest BCUT2D eigenvalue weighted by atomic mass is 10.1. The number of hydrogen-bond donors (Lipinski definition) is 0. The Balaban J connectivity index is 2.21. The van der Waals surface area contributed by atoms with Gasteiger partial charge in [-0.05, 0) is 42.3 Å². The fourth-order valence-corrected chi connectivity index (χ4v) is 2.71. The Hall–Kier alpha value is -2.34. The lowest BCUT2D eigenvalue weighted by Gasteiger charge is -2.13. The third-order valence-corrected chi connectivity index (χ3v) is 4.41. The maximum absolute atomic E-state index is 12.9. The number of hydrogen-bond acceptors (Lipinski definition) is 4. The van der Waals surface area contributed by atoms with E-state index in [4.69, 9.17) is 0 Å². The molecule has 1 atom stereocenters. The first-order valence-corrected chi connectivity index (χ1v) is 8.56. The second-order valence-electron chi connectivity index (χ2n) is 5.58. The molecule has 0 unspecified atom stereocenters. The predicted molar refractivity (Wildman–Crippen MR) is 99.6 cm³/mol. The van der Waals surface area contributed by atoms with E-state index in [2.05, 4.69) is 37.9 Å². The second kappa shape index (κ2) is 7.05. The van der Waals surface area contributed by atoms with E-state index in [1.165, 1.54) is 4.68 Å². The number of halogens is 1. The quantitative estimate of drug-likeness (QED) is 0.639. The minimum atomic E-state index is -0.165. The number of rotatable bonds is 4. The topological polar surface area (TPSA) is 60.1 Å². The van der Waals surface area contributed by atoms with Gasteiger partial charge in [-0.25, -0.2) is 4.98 Å². The monoisotopic (exact) mass is 384 g/mol. The van der Waals surface area contributed by atoms with Crippen molar-refractivity contribution < 1.29 is 0 Å². The van der Waals surface area contributed by atoms with Crippen molar-refractivity contribution >= 4 is 33.0 Å². The zero-order valence-corrected chi connectivity index (χ0v) is 15.1. The van der Waals surface area contributed by atoms with Crippen molar-refractivity contribution in [2.24, 2.45) is 5.10 Å². The maximum Gasteiger partial charge on any atom is 0.282 e. The molecular formula is C18H17BrN4O. The van der Waals surface area contributed by atoms with E-state index < -0.39 is 0 Å². The van der Waals surface area contributed by atoms with Crippen LogP contribution < -0.4 is 5.56 Å². The maximum atomic E-state index is 12.9. The normalized spacial score (nSPS) is 12.8. The van der Waals surface area contributed by atoms with Gasteiger partial charge in [-0.3, -0.25) is 9.78 Å². The summed E-state index contributed by atoms with van der Waals surface area (Å²) >= 11 is 3.41. The molecule has 2 aromatic heterocycles. The van der Waals surface area contributed by atoms with E-state index in [1.54, 1.807) is 24.7 Å². The van der Waals surface area contributed by atoms with Crippen molar-refractivity contribution in [2.45, 2.75) is 26.2 Å². The van der Waals surface area contributed by atoms with Crippen LogP contribution in [0.4, 0.5) is 0 Å². The molecule has 0 saturated heterocycles. The number of fused-ring (bicyclic) bond motifs is 1. The van der Waals surface area contributed by atoms with E-state index in [0.29, 0.717) is 16.7 Å². The van der Waals surface area contributed by atoms with Crippen molar-refractivity contribution in [3.05, 3.63) is 68.9 Å². The molecule has 3 aromatic rings. The molecule has 1 aromatic carbocycles. The van der Waals surface area contributed by atoms with Crippen LogP contribution in [0.2, 0.25) is 0 Å². The second-order valence-corrected chi connectivity index (χ2v) is 6.50. The van der Waals surface area contributed by atoms with E-state index in [-0.39, 0.29) is 11.5 Å². The zero-order chi connectivity index (χ0) is 17.1. The number of benzene rings is 1. The molecule has 0 saturated carbocycles. The SMILES string of the molecule is CC[C@H](C)c1nc2ccc(Br)cc2c(=O)n1N=Cc1ccncc1. The smallest absolute Gasteiger partial charge is 0.267 e. The first-order valence-electron chi connectivity index (χ1n) is 7.76. The highest BCUT2D eigenvalue weighted by atomic mass is 79.9. The third-order valence-electron chi connectivity index (χ3n) is 3.91. The number of aromatic nitrogens is 3. The molecule has 0 amide bonds. The van der Waals surface area contributed by atoms with Gasteiger partial charge in [0.15, 0.2) is 0 Å². The third kappa shape index (κ3) is 3.28. The van der Waals surface area contributed by atoms with Crippen molar-refractivity contribution in [3.63, 3.8) is 0 Å². The Kier molecular flexibility index (Phi) is 4.85. The van der Waals surface area contributed by atoms with Crippen LogP contribution in [0.15, 0.2) is 57.1 Å². The summed E-state index contributed by atoms with van der Waals surface area (Å²) in [6.07, 6.45) is 5.91. The Morgan fingerprint density at radius 1 is 1.29 bits per heavy atom. The van der Waals surface area contributed by atoms with Crippen molar-refractivity contribution in [3.8, 4) is 0 Å². The van der Waals surface area contributed by atoms with Gasteiger partial charge in [0.2, 0.25) is 0 Å². The fraction of sp³-hybridized carbons (Fsp3) is 0.222. The van der Waals surface area contributed by atoms with Crippen LogP contribution in [0.5, 0.6) is 0 Å². The molecule has 24 heavy (non-hydrogen) atoms. The first kappa shape index (κ1) is 16.5. The van der Waals surface area contributed by atoms with Gasteiger partial charge < -0.3 is 0 Å². The largest absolute Gasteiger partial charge is 0.282 e. The van der Waals surface area contributed by atoms with Crippen molar-refractivity contribution in [1.29, 1.82) is 0 Å². The summed E-state index contributed by atoms with van der Waals surface area (Å²) in [6.45, 7) is 4.12. The molecule has 3 rings (SSSR count). The molecule has 0 fully saturated rings. The van der Waals surface area contributed by atoms with Gasteiger partial charge in [-0.15, -0.1) is 0 Å². The summed E-state index contributed by atoms with van der Waals surface area (Å²) < 4.78 is 2.25. The fourth-order valence-electron chi connectivity index (χ4n) is 2.35. The summed E-state index contributed by atoms with van der Waals surface area (Å²) in [5.41, 5.74) is 1.40. The van der Waals surface area contributed by atoms with Gasteiger partial charge in [0.05, 0.1) is 17.1 Å². The van der Waals surface area contributed by atoms with E-state index in [0.717, 1.165) is 16.5 Å². The highest BCUT2D eigenvalue weighted by molar-refractivity contribution is 9.10. The predicted octanol–water partition coefficient (Wildman–Crippen LogP) is 3.95. The molecule has 0 bridgehead atoms. The number of nitrogens with zero attached hydrogens (tertiary/aromatic N) is 4. The van der Waals surface area contributed by atoms with Crippen molar-refractivity contribution in [2.75, 3.05) is 0 Å². The molecule has 5 nitrogen and oxygen atoms in total. The van der Waals surface area contributed by atoms with Crippen LogP contribution in [-0.2, 0) is 0 Å². The summed E-state index contributed by atoms with van der Waals surface area (Å²) in [4.78, 5) is 21.6. The minimum absolute atomic E-state index is 0.125. The van der Waals surface area contributed by atoms with Crippen LogP contribution in [0.3, 0.4) is 0 Å². The summed E-state index contributed by atoms with van der Waals surface area (Å²) in [6, 6.07) is 9.19. The highest BCUT2D eigenvalue weighted by Gasteiger charge is 2.15. The molecule has 0 N–H and O–H groups in total. The highest BCUT2D eigenvalue weighted by Crippen LogP contribution is 2.20. The molecule has 0 spiro atoms. The average molecular weight is 385 g/mol. The molecule has 0 aliphatic rings. The van der Waals surface area contributed by atoms with Crippen LogP contribution in [-0.4, -0.2) is 20.9 Å². The van der Waals surface area contributed by atoms with Gasteiger partial charge in [0, 0.05) is 22.8 Å². The summed E-state index contributed by atoms with van der Waals surface area (Å²) in [5, 5.41) is 4.94. The number of pyridine rings is 1. The summed E-state index contributed by atoms with van der Waals surface area (Å²) in [5.74, 6) is 0.794. The molecular weight excluding hydrogens is 368 g/mol. The zero-order valence-electron chi connectivity index (χ0n) is 13.5. The molecule has 6 heteroatoms. The van der Waals surface area contributed by atoms with Gasteiger partial charge >= 0.3 is 0 Å². The van der Waals surface area contributed by atoms with Crippen molar-refractivity contribution in [1.82, 2.24) is 14.6 Å². The Labute approximate surface area is 148 Å². The van der Waals surface area contributed by atoms with E-state index in [9.17, 15) is 4.79 Å². The lowest BCUT2D eigenvalue weighted by molar-refractivity contribution is 0.613. The molecule has 0 aliphatic heterocycles. The van der Waals surface area contributed by atoms with Gasteiger partial charge in [0.25, 0.3) is 5.56 Å². The Bertz CT molecular complexity index is 950. The molecule has 122 valence electrons. The van der Waals surface area contributed by atoms with Crippen LogP contribution in [0.25, 0.3) is 10.9 Å². The molecule has 0 radical (unpaired) electrons. The van der Waals surface area contributed by atoms with E-state index >= 15 is 0 Å². The Morgan fingerprint density at radius 2 is 2.04 bits per heavy atom. The van der Waals surface area contributed by atoms with E-state index in [1.807, 2.05) is 31.2 Å². The molecule has 2 heterocycles. The van der Waals surface area contributed by atoms with Crippen LogP contribution >= 0.6 is 15.9 Å². The average Bonchev–Trinajstić information content (AvgIpc) is 2.61. The summed E-state index contributed by atoms with van der Waals surface area (Å²) in [7, 11) is 0. The van der Waals surface area contributed by atoms with Gasteiger partial charge in [-0.2, -0.15) is 9.78 Å². The lowest BCUT2D eigenvalue weighted by Crippen LogP contribution is -2.23. The Morgan fingerprint density at radius 3 is 2.75 bits per heavy atom.